The number of nitriles is 1. The third kappa shape index (κ3) is 6.35. The zero-order valence-electron chi connectivity index (χ0n) is 26.4. The van der Waals surface area contributed by atoms with Gasteiger partial charge >= 0.3 is 5.97 Å². The summed E-state index contributed by atoms with van der Waals surface area (Å²) < 4.78 is 48.9. The molecule has 2 aromatic rings. The number of carbonyl (C=O) groups is 1. The highest BCUT2D eigenvalue weighted by molar-refractivity contribution is 5.69. The first-order chi connectivity index (χ1) is 22.2. The van der Waals surface area contributed by atoms with Crippen LogP contribution in [0.15, 0.2) is 42.5 Å². The molecule has 3 heterocycles. The number of esters is 1. The maximum Gasteiger partial charge on any atom is 0.305 e. The summed E-state index contributed by atoms with van der Waals surface area (Å²) in [4.78, 5) is 22.7. The van der Waals surface area contributed by atoms with Crippen molar-refractivity contribution < 1.29 is 22.7 Å². The molecule has 1 aliphatic carbocycles. The third-order valence-corrected chi connectivity index (χ3v) is 10.9. The number of anilines is 1. The highest BCUT2D eigenvalue weighted by atomic mass is 19.1. The second kappa shape index (κ2) is 13.3. The van der Waals surface area contributed by atoms with Crippen molar-refractivity contribution in [2.45, 2.75) is 62.4 Å². The molecular weight excluding hydrogens is 591 g/mol. The van der Waals surface area contributed by atoms with Crippen LogP contribution in [0.3, 0.4) is 0 Å². The van der Waals surface area contributed by atoms with Crippen molar-refractivity contribution in [3.8, 4) is 6.07 Å². The van der Waals surface area contributed by atoms with Crippen LogP contribution in [0, 0.1) is 41.5 Å². The number of hydrogen-bond acceptors (Lipinski definition) is 6. The molecule has 2 aromatic carbocycles. The minimum Gasteiger partial charge on any atom is -0.469 e. The molecule has 0 spiro atoms. The summed E-state index contributed by atoms with van der Waals surface area (Å²) in [5.41, 5.74) is 0.606. The van der Waals surface area contributed by atoms with Gasteiger partial charge in [-0.15, -0.1) is 0 Å². The van der Waals surface area contributed by atoms with Gasteiger partial charge in [-0.3, -0.25) is 14.6 Å². The van der Waals surface area contributed by atoms with Gasteiger partial charge in [0.25, 0.3) is 5.54 Å². The van der Waals surface area contributed by atoms with E-state index in [0.717, 1.165) is 30.5 Å². The van der Waals surface area contributed by atoms with E-state index in [1.807, 2.05) is 28.0 Å². The first kappa shape index (κ1) is 32.3. The van der Waals surface area contributed by atoms with Crippen molar-refractivity contribution in [1.29, 1.82) is 5.26 Å². The number of likely N-dealkylation sites (tertiary alicyclic amines) is 2. The lowest BCUT2D eigenvalue weighted by Gasteiger charge is -2.49. The molecule has 3 atom stereocenters. The lowest BCUT2D eigenvalue weighted by atomic mass is 9.63. The number of halogens is 3. The van der Waals surface area contributed by atoms with Crippen molar-refractivity contribution in [2.75, 3.05) is 57.8 Å². The van der Waals surface area contributed by atoms with E-state index in [9.17, 15) is 18.8 Å². The Labute approximate surface area is 269 Å². The quantitative estimate of drug-likeness (QED) is 0.241. The molecule has 7 nitrogen and oxygen atoms in total. The van der Waals surface area contributed by atoms with Crippen LogP contribution in [0.1, 0.15) is 55.2 Å². The van der Waals surface area contributed by atoms with Gasteiger partial charge < -0.3 is 14.5 Å². The first-order valence-electron chi connectivity index (χ1n) is 16.4. The summed E-state index contributed by atoms with van der Waals surface area (Å²) in [6.45, 7) is 11.9. The van der Waals surface area contributed by atoms with Gasteiger partial charge in [-0.1, -0.05) is 18.6 Å². The summed E-state index contributed by atoms with van der Waals surface area (Å²) >= 11 is 0. The predicted molar refractivity (Wildman–Crippen MR) is 169 cm³/mol. The molecule has 3 aliphatic heterocycles. The summed E-state index contributed by atoms with van der Waals surface area (Å²) in [6, 6.07) is 14.2. The van der Waals surface area contributed by atoms with Crippen LogP contribution >= 0.6 is 0 Å². The zero-order valence-corrected chi connectivity index (χ0v) is 26.4. The van der Waals surface area contributed by atoms with E-state index in [1.54, 1.807) is 12.1 Å². The summed E-state index contributed by atoms with van der Waals surface area (Å²) in [7, 11) is 1.38. The maximum absolute atomic E-state index is 16.0. The van der Waals surface area contributed by atoms with E-state index in [-0.39, 0.29) is 49.1 Å². The molecule has 4 fully saturated rings. The molecule has 46 heavy (non-hydrogen) atoms. The Morgan fingerprint density at radius 2 is 1.89 bits per heavy atom. The minimum atomic E-state index is -1.38. The summed E-state index contributed by atoms with van der Waals surface area (Å²) in [5.74, 6) is -0.798. The smallest absolute Gasteiger partial charge is 0.305 e. The number of methoxy groups -OCH3 is 1. The fraction of sp³-hybridized carbons (Fsp3) is 0.583. The number of rotatable bonds is 10. The molecule has 0 bridgehead atoms. The number of nitrogens with zero attached hydrogens (tertiary/aromatic N) is 5. The Morgan fingerprint density at radius 3 is 2.54 bits per heavy atom. The van der Waals surface area contributed by atoms with E-state index in [2.05, 4.69) is 15.8 Å². The second-order valence-electron chi connectivity index (χ2n) is 13.8. The molecule has 6 rings (SSSR count). The molecule has 0 radical (unpaired) electrons. The van der Waals surface area contributed by atoms with Crippen LogP contribution in [0.5, 0.6) is 0 Å². The lowest BCUT2D eigenvalue weighted by molar-refractivity contribution is -0.142. The van der Waals surface area contributed by atoms with Crippen molar-refractivity contribution in [3.05, 3.63) is 76.4 Å². The van der Waals surface area contributed by atoms with Crippen LogP contribution in [0.4, 0.5) is 18.9 Å². The fourth-order valence-corrected chi connectivity index (χ4v) is 8.63. The highest BCUT2D eigenvalue weighted by Crippen LogP contribution is 2.54. The molecule has 4 aliphatic rings. The first-order valence-corrected chi connectivity index (χ1v) is 16.4. The topological polar surface area (TPSA) is 64.2 Å². The SMILES string of the molecule is [C-]#[N+][C@@](c1cccc(F)c1)(C1CCN(CC2(F)CN(c3ccc(C#N)c(CN4CC(F)C4)c3)C2)CC1)[C@H]1CCC[C@@H]1CC(=O)OC. The molecule has 1 saturated carbocycles. The average molecular weight is 634 g/mol. The molecule has 244 valence electrons. The molecule has 0 aromatic heterocycles. The average Bonchev–Trinajstić information content (AvgIpc) is 3.48. The standard InChI is InChI=1S/C36H42F3N5O2/c1-41-36(29-6-4-7-30(37)17-29,33-8-3-5-25(33)16-34(45)46-2)28-11-13-42(14-12-28)22-35(39)23-44(24-35)32-10-9-26(18-40)27(15-32)19-43-20-31(38)21-43/h4,6-7,9-10,15,17,25,28,31,33H,3,5,8,11-14,16,19-24H2,2H3/t25-,33+,36-/m1/s1. The number of piperidine rings is 1. The van der Waals surface area contributed by atoms with Gasteiger partial charge in [0, 0.05) is 55.7 Å². The largest absolute Gasteiger partial charge is 0.469 e. The monoisotopic (exact) mass is 633 g/mol. The third-order valence-electron chi connectivity index (χ3n) is 10.9. The number of alkyl halides is 2. The summed E-state index contributed by atoms with van der Waals surface area (Å²) in [6.07, 6.45) is 3.37. The van der Waals surface area contributed by atoms with Crippen LogP contribution in [0.25, 0.3) is 4.85 Å². The van der Waals surface area contributed by atoms with Crippen LogP contribution < -0.4 is 4.90 Å². The Balaban J connectivity index is 1.11. The Kier molecular flexibility index (Phi) is 9.32. The van der Waals surface area contributed by atoms with Crippen LogP contribution in [-0.2, 0) is 21.6 Å². The number of ether oxygens (including phenoxy) is 1. The Morgan fingerprint density at radius 1 is 1.13 bits per heavy atom. The summed E-state index contributed by atoms with van der Waals surface area (Å²) in [5, 5.41) is 9.55. The number of benzene rings is 2. The van der Waals surface area contributed by atoms with E-state index in [0.29, 0.717) is 63.2 Å². The molecule has 10 heteroatoms. The zero-order chi connectivity index (χ0) is 32.5. The van der Waals surface area contributed by atoms with Crippen molar-refractivity contribution in [1.82, 2.24) is 9.80 Å². The van der Waals surface area contributed by atoms with Gasteiger partial charge in [-0.2, -0.15) is 5.26 Å². The van der Waals surface area contributed by atoms with Crippen LogP contribution in [-0.4, -0.2) is 80.5 Å². The van der Waals surface area contributed by atoms with E-state index in [4.69, 9.17) is 11.3 Å². The molecule has 0 N–H and O–H groups in total. The predicted octanol–water partition coefficient (Wildman–Crippen LogP) is 5.89. The van der Waals surface area contributed by atoms with Gasteiger partial charge in [-0.05, 0) is 80.6 Å². The van der Waals surface area contributed by atoms with Gasteiger partial charge in [0.05, 0.1) is 31.8 Å². The van der Waals surface area contributed by atoms with Gasteiger partial charge in [-0.25, -0.2) is 19.7 Å². The molecular formula is C36H42F3N5O2. The second-order valence-corrected chi connectivity index (χ2v) is 13.8. The Hall–Kier alpha value is -3.60. The molecule has 0 amide bonds. The molecule has 3 saturated heterocycles. The lowest BCUT2D eigenvalue weighted by Crippen LogP contribution is -2.64. The maximum atomic E-state index is 16.0. The van der Waals surface area contributed by atoms with Gasteiger partial charge in [0.15, 0.2) is 5.67 Å². The van der Waals surface area contributed by atoms with Crippen LogP contribution in [0.2, 0.25) is 0 Å². The minimum absolute atomic E-state index is 0.00724. The fourth-order valence-electron chi connectivity index (χ4n) is 8.63. The molecule has 0 unspecified atom stereocenters. The van der Waals surface area contributed by atoms with E-state index >= 15 is 4.39 Å². The number of carbonyl (C=O) groups excluding carboxylic acids is 1. The normalized spacial score (nSPS) is 25.1. The highest BCUT2D eigenvalue weighted by Gasteiger charge is 2.58. The van der Waals surface area contributed by atoms with Gasteiger partial charge in [0.1, 0.15) is 12.0 Å². The van der Waals surface area contributed by atoms with E-state index < -0.39 is 17.4 Å². The number of hydrogen-bond donors (Lipinski definition) is 0. The van der Waals surface area contributed by atoms with Gasteiger partial charge in [0.2, 0.25) is 0 Å². The van der Waals surface area contributed by atoms with Crippen molar-refractivity contribution in [2.24, 2.45) is 17.8 Å². The van der Waals surface area contributed by atoms with Crippen molar-refractivity contribution >= 4 is 11.7 Å². The Bertz CT molecular complexity index is 1500. The van der Waals surface area contributed by atoms with Crippen molar-refractivity contribution in [3.63, 3.8) is 0 Å². The van der Waals surface area contributed by atoms with E-state index in [1.165, 1.54) is 19.2 Å².